The molecule has 2 atom stereocenters. The standard InChI is InChI=1S/C51H90NO10P/c1-7-9-25-31-45-39-43(3)48(60-45)33-27-21-17-13-11-12-14-20-24-30-36-51(54)62-47(42-59-63(55,56)58-38-37-52(5)6)41-57-50(53)35-29-23-19-16-15-18-22-28-34-49-44(4)40-46(61-49)32-26-10-8-2/h39-40,47H,7-38,41-42H2,1-6H3,(H,55,56)/t47-/m1/s1. The molecule has 1 N–H and O–H groups in total. The van der Waals surface area contributed by atoms with Crippen molar-refractivity contribution in [1.82, 2.24) is 4.90 Å². The molecule has 364 valence electrons. The van der Waals surface area contributed by atoms with Gasteiger partial charge in [-0.15, -0.1) is 0 Å². The molecule has 2 heterocycles. The van der Waals surface area contributed by atoms with Crippen LogP contribution in [0.1, 0.15) is 215 Å². The van der Waals surface area contributed by atoms with E-state index in [0.717, 1.165) is 94.3 Å². The van der Waals surface area contributed by atoms with Crippen LogP contribution in [-0.4, -0.2) is 68.3 Å². The van der Waals surface area contributed by atoms with Gasteiger partial charge in [-0.3, -0.25) is 18.6 Å². The lowest BCUT2D eigenvalue weighted by Gasteiger charge is -2.20. The van der Waals surface area contributed by atoms with E-state index in [1.807, 2.05) is 19.0 Å². The Labute approximate surface area is 383 Å². The van der Waals surface area contributed by atoms with E-state index >= 15 is 0 Å². The molecule has 0 amide bonds. The zero-order valence-electron chi connectivity index (χ0n) is 40.8. The number of phosphoric ester groups is 1. The largest absolute Gasteiger partial charge is 0.472 e. The Hall–Kier alpha value is -2.43. The quantitative estimate of drug-likeness (QED) is 0.0387. The van der Waals surface area contributed by atoms with Crippen LogP contribution < -0.4 is 0 Å². The number of rotatable bonds is 42. The second-order valence-electron chi connectivity index (χ2n) is 18.1. The molecule has 1 unspecified atom stereocenters. The van der Waals surface area contributed by atoms with Crippen LogP contribution in [0.3, 0.4) is 0 Å². The molecule has 0 aliphatic carbocycles. The minimum atomic E-state index is -4.38. The second-order valence-corrected chi connectivity index (χ2v) is 19.6. The van der Waals surface area contributed by atoms with Gasteiger partial charge in [0.2, 0.25) is 0 Å². The summed E-state index contributed by atoms with van der Waals surface area (Å²) in [5.41, 5.74) is 2.58. The predicted molar refractivity (Wildman–Crippen MR) is 254 cm³/mol. The van der Waals surface area contributed by atoms with Crippen molar-refractivity contribution in [3.63, 3.8) is 0 Å². The van der Waals surface area contributed by atoms with Gasteiger partial charge in [-0.25, -0.2) is 4.57 Å². The highest BCUT2D eigenvalue weighted by Crippen LogP contribution is 2.43. The van der Waals surface area contributed by atoms with Crippen molar-refractivity contribution in [2.75, 3.05) is 40.5 Å². The van der Waals surface area contributed by atoms with Gasteiger partial charge in [-0.1, -0.05) is 129 Å². The Balaban J connectivity index is 1.57. The predicted octanol–water partition coefficient (Wildman–Crippen LogP) is 13.7. The van der Waals surface area contributed by atoms with Crippen LogP contribution >= 0.6 is 7.82 Å². The third-order valence-electron chi connectivity index (χ3n) is 11.7. The third-order valence-corrected chi connectivity index (χ3v) is 12.7. The van der Waals surface area contributed by atoms with Crippen molar-refractivity contribution in [3.8, 4) is 0 Å². The maximum absolute atomic E-state index is 12.8. The lowest BCUT2D eigenvalue weighted by Crippen LogP contribution is -2.29. The molecule has 0 fully saturated rings. The normalized spacial score (nSPS) is 13.1. The van der Waals surface area contributed by atoms with Crippen molar-refractivity contribution in [3.05, 3.63) is 46.3 Å². The van der Waals surface area contributed by atoms with E-state index in [0.29, 0.717) is 13.0 Å². The lowest BCUT2D eigenvalue weighted by atomic mass is 10.0. The highest BCUT2D eigenvalue weighted by molar-refractivity contribution is 7.47. The number of furan rings is 2. The number of esters is 2. The average Bonchev–Trinajstić information content (AvgIpc) is 3.78. The molecule has 63 heavy (non-hydrogen) atoms. The molecular formula is C51H90NO10P. The van der Waals surface area contributed by atoms with Crippen molar-refractivity contribution >= 4 is 19.8 Å². The first-order valence-corrected chi connectivity index (χ1v) is 26.7. The van der Waals surface area contributed by atoms with Crippen LogP contribution in [0.25, 0.3) is 0 Å². The summed E-state index contributed by atoms with van der Waals surface area (Å²) in [5, 5.41) is 0. The molecule has 2 rings (SSSR count). The van der Waals surface area contributed by atoms with Crippen LogP contribution in [0.2, 0.25) is 0 Å². The first kappa shape index (κ1) is 56.7. The number of phosphoric acid groups is 1. The van der Waals surface area contributed by atoms with Crippen LogP contribution in [-0.2, 0) is 58.4 Å². The van der Waals surface area contributed by atoms with Gasteiger partial charge in [-0.05, 0) is 89.7 Å². The van der Waals surface area contributed by atoms with Gasteiger partial charge >= 0.3 is 19.8 Å². The third kappa shape index (κ3) is 29.7. The summed E-state index contributed by atoms with van der Waals surface area (Å²) in [6.07, 6.45) is 30.6. The number of carbonyl (C=O) groups excluding carboxylic acids is 2. The zero-order chi connectivity index (χ0) is 46.0. The molecule has 0 spiro atoms. The highest BCUT2D eigenvalue weighted by atomic mass is 31.2. The summed E-state index contributed by atoms with van der Waals surface area (Å²) in [6, 6.07) is 4.44. The molecule has 0 saturated carbocycles. The Morgan fingerprint density at radius 2 is 1.00 bits per heavy atom. The summed E-state index contributed by atoms with van der Waals surface area (Å²) in [4.78, 5) is 37.3. The van der Waals surface area contributed by atoms with E-state index in [2.05, 4.69) is 39.8 Å². The maximum Gasteiger partial charge on any atom is 0.472 e. The van der Waals surface area contributed by atoms with Gasteiger partial charge in [0.15, 0.2) is 6.10 Å². The first-order chi connectivity index (χ1) is 30.4. The summed E-state index contributed by atoms with van der Waals surface area (Å²) < 4.78 is 45.9. The van der Waals surface area contributed by atoms with Crippen molar-refractivity contribution in [1.29, 1.82) is 0 Å². The molecule has 0 saturated heterocycles. The average molecular weight is 908 g/mol. The maximum atomic E-state index is 12.8. The van der Waals surface area contributed by atoms with Gasteiger partial charge in [-0.2, -0.15) is 0 Å². The molecule has 2 aromatic rings. The smallest absolute Gasteiger partial charge is 0.466 e. The van der Waals surface area contributed by atoms with Gasteiger partial charge < -0.3 is 28.1 Å². The summed E-state index contributed by atoms with van der Waals surface area (Å²) in [6.45, 7) is 8.54. The number of aryl methyl sites for hydroxylation is 6. The zero-order valence-corrected chi connectivity index (χ0v) is 41.7. The molecule has 12 heteroatoms. The van der Waals surface area contributed by atoms with Gasteiger partial charge in [0.1, 0.15) is 29.6 Å². The minimum absolute atomic E-state index is 0.00202. The fourth-order valence-corrected chi connectivity index (χ4v) is 8.52. The van der Waals surface area contributed by atoms with Crippen LogP contribution in [0.4, 0.5) is 0 Å². The molecular weight excluding hydrogens is 818 g/mol. The van der Waals surface area contributed by atoms with Crippen LogP contribution in [0.5, 0.6) is 0 Å². The van der Waals surface area contributed by atoms with Crippen LogP contribution in [0.15, 0.2) is 21.0 Å². The molecule has 11 nitrogen and oxygen atoms in total. The van der Waals surface area contributed by atoms with Gasteiger partial charge in [0, 0.05) is 45.1 Å². The monoisotopic (exact) mass is 908 g/mol. The Morgan fingerprint density at radius 1 is 0.587 bits per heavy atom. The molecule has 2 aromatic heterocycles. The number of hydrogen-bond donors (Lipinski definition) is 1. The van der Waals surface area contributed by atoms with Gasteiger partial charge in [0.25, 0.3) is 0 Å². The molecule has 0 aromatic carbocycles. The van der Waals surface area contributed by atoms with E-state index in [1.54, 1.807) is 0 Å². The number of unbranched alkanes of at least 4 members (excludes halogenated alkanes) is 20. The first-order valence-electron chi connectivity index (χ1n) is 25.2. The Morgan fingerprint density at radius 3 is 1.44 bits per heavy atom. The Bertz CT molecular complexity index is 1500. The lowest BCUT2D eigenvalue weighted by molar-refractivity contribution is -0.161. The fraction of sp³-hybridized carbons (Fsp3) is 0.804. The summed E-state index contributed by atoms with van der Waals surface area (Å²) in [7, 11) is -0.737. The van der Waals surface area contributed by atoms with E-state index in [-0.39, 0.29) is 32.0 Å². The molecule has 0 aliphatic heterocycles. The fourth-order valence-electron chi connectivity index (χ4n) is 7.78. The van der Waals surface area contributed by atoms with Gasteiger partial charge in [0.05, 0.1) is 13.2 Å². The van der Waals surface area contributed by atoms with E-state index < -0.39 is 26.5 Å². The number of nitrogens with zero attached hydrogens (tertiary/aromatic N) is 1. The van der Waals surface area contributed by atoms with Crippen molar-refractivity contribution < 1.29 is 46.4 Å². The van der Waals surface area contributed by atoms with Crippen molar-refractivity contribution in [2.45, 2.75) is 226 Å². The SMILES string of the molecule is CCCCCc1cc(C)c(CCCCCCCCCCCCC(=O)O[C@H](COC(=O)CCCCCCCCCCc2oc(CCCCC)cc2C)COP(=O)(O)OCCN(C)C)o1. The topological polar surface area (TPSA) is 138 Å². The van der Waals surface area contributed by atoms with E-state index in [4.69, 9.17) is 27.4 Å². The molecule has 0 aliphatic rings. The summed E-state index contributed by atoms with van der Waals surface area (Å²) >= 11 is 0. The number of hydrogen-bond acceptors (Lipinski definition) is 10. The number of likely N-dealkylation sites (N-methyl/N-ethyl adjacent to an activating group) is 1. The van der Waals surface area contributed by atoms with Crippen LogP contribution in [0, 0.1) is 13.8 Å². The summed E-state index contributed by atoms with van der Waals surface area (Å²) in [5.74, 6) is 3.76. The Kier molecular flexibility index (Phi) is 32.2. The molecule has 0 radical (unpaired) electrons. The number of ether oxygens (including phenoxy) is 2. The van der Waals surface area contributed by atoms with Crippen molar-refractivity contribution in [2.24, 2.45) is 0 Å². The number of carbonyl (C=O) groups is 2. The highest BCUT2D eigenvalue weighted by Gasteiger charge is 2.26. The van der Waals surface area contributed by atoms with E-state index in [1.165, 1.54) is 113 Å². The van der Waals surface area contributed by atoms with E-state index in [9.17, 15) is 19.0 Å². The minimum Gasteiger partial charge on any atom is -0.466 e. The second kappa shape index (κ2) is 35.8. The molecule has 0 bridgehead atoms.